The Morgan fingerprint density at radius 1 is 1.56 bits per heavy atom. The molecule has 0 saturated carbocycles. The van der Waals surface area contributed by atoms with E-state index in [4.69, 9.17) is 10.8 Å². The highest BCUT2D eigenvalue weighted by atomic mass is 16.4. The average Bonchev–Trinajstić information content (AvgIpc) is 2.78. The van der Waals surface area contributed by atoms with Crippen molar-refractivity contribution in [1.82, 2.24) is 10.3 Å². The van der Waals surface area contributed by atoms with Crippen LogP contribution in [0.1, 0.15) is 26.0 Å². The van der Waals surface area contributed by atoms with Crippen molar-refractivity contribution in [1.29, 1.82) is 0 Å². The Hall–Kier alpha value is -1.82. The van der Waals surface area contributed by atoms with Gasteiger partial charge in [-0.1, -0.05) is 13.8 Å². The Kier molecular flexibility index (Phi) is 4.49. The molecule has 0 saturated heterocycles. The molecule has 0 aliphatic carbocycles. The monoisotopic (exact) mass is 253 g/mol. The Labute approximate surface area is 106 Å². The molecule has 1 aromatic rings. The zero-order valence-corrected chi connectivity index (χ0v) is 10.6. The predicted octanol–water partition coefficient (Wildman–Crippen LogP) is 0.211. The molecule has 0 radical (unpaired) electrons. The van der Waals surface area contributed by atoms with Gasteiger partial charge in [-0.3, -0.25) is 9.59 Å². The Bertz CT molecular complexity index is 412. The van der Waals surface area contributed by atoms with E-state index in [0.29, 0.717) is 6.54 Å². The summed E-state index contributed by atoms with van der Waals surface area (Å²) in [4.78, 5) is 25.1. The maximum absolute atomic E-state index is 11.6. The van der Waals surface area contributed by atoms with Crippen LogP contribution in [0, 0.1) is 0 Å². The van der Waals surface area contributed by atoms with Gasteiger partial charge in [0.1, 0.15) is 0 Å². The molecular formula is C12H19N3O3. The molecular weight excluding hydrogens is 234 g/mol. The van der Waals surface area contributed by atoms with Crippen molar-refractivity contribution in [2.45, 2.75) is 31.7 Å². The standard InChI is InChI=1S/C12H19N3O3/c1-12(2,9-4-3-5-14-9)7-15-11(18)8(13)6-10(16)17/h3-5,8,14H,6-7,13H2,1-2H3,(H,15,18)(H,16,17). The molecule has 0 spiro atoms. The first-order valence-corrected chi connectivity index (χ1v) is 5.72. The lowest BCUT2D eigenvalue weighted by Gasteiger charge is -2.24. The van der Waals surface area contributed by atoms with Crippen molar-refractivity contribution in [2.24, 2.45) is 5.73 Å². The Morgan fingerprint density at radius 3 is 2.72 bits per heavy atom. The summed E-state index contributed by atoms with van der Waals surface area (Å²) in [5, 5.41) is 11.2. The van der Waals surface area contributed by atoms with Gasteiger partial charge in [0.05, 0.1) is 12.5 Å². The van der Waals surface area contributed by atoms with Crippen molar-refractivity contribution >= 4 is 11.9 Å². The van der Waals surface area contributed by atoms with Crippen molar-refractivity contribution < 1.29 is 14.7 Å². The molecule has 0 fully saturated rings. The first-order chi connectivity index (χ1) is 8.33. The van der Waals surface area contributed by atoms with Crippen LogP contribution in [0.4, 0.5) is 0 Å². The van der Waals surface area contributed by atoms with Crippen LogP contribution in [0.2, 0.25) is 0 Å². The van der Waals surface area contributed by atoms with Gasteiger partial charge in [-0.25, -0.2) is 0 Å². The largest absolute Gasteiger partial charge is 0.481 e. The number of rotatable bonds is 6. The topological polar surface area (TPSA) is 108 Å². The van der Waals surface area contributed by atoms with Crippen LogP contribution in [0.25, 0.3) is 0 Å². The molecule has 6 nitrogen and oxygen atoms in total. The summed E-state index contributed by atoms with van der Waals surface area (Å²) in [5.74, 6) is -1.53. The minimum absolute atomic E-state index is 0.262. The highest BCUT2D eigenvalue weighted by molar-refractivity contribution is 5.85. The summed E-state index contributed by atoms with van der Waals surface area (Å²) in [6.45, 7) is 4.34. The van der Waals surface area contributed by atoms with Gasteiger partial charge in [0.2, 0.25) is 5.91 Å². The van der Waals surface area contributed by atoms with Gasteiger partial charge in [0.25, 0.3) is 0 Å². The average molecular weight is 253 g/mol. The van der Waals surface area contributed by atoms with E-state index in [2.05, 4.69) is 10.3 Å². The van der Waals surface area contributed by atoms with Crippen LogP contribution in [-0.4, -0.2) is 34.6 Å². The van der Waals surface area contributed by atoms with Crippen LogP contribution in [0.5, 0.6) is 0 Å². The van der Waals surface area contributed by atoms with E-state index in [0.717, 1.165) is 5.69 Å². The van der Waals surface area contributed by atoms with Gasteiger partial charge in [0, 0.05) is 23.9 Å². The number of H-pyrrole nitrogens is 1. The van der Waals surface area contributed by atoms with Crippen LogP contribution >= 0.6 is 0 Å². The fourth-order valence-corrected chi connectivity index (χ4v) is 1.57. The summed E-state index contributed by atoms with van der Waals surface area (Å²) in [6.07, 6.45) is 1.45. The van der Waals surface area contributed by atoms with Crippen LogP contribution < -0.4 is 11.1 Å². The SMILES string of the molecule is CC(C)(CNC(=O)C(N)CC(=O)O)c1ccc[nH]1. The maximum atomic E-state index is 11.6. The molecule has 18 heavy (non-hydrogen) atoms. The molecule has 6 heteroatoms. The second kappa shape index (κ2) is 5.68. The summed E-state index contributed by atoms with van der Waals surface area (Å²) in [5.41, 5.74) is 6.20. The highest BCUT2D eigenvalue weighted by Crippen LogP contribution is 2.19. The first-order valence-electron chi connectivity index (χ1n) is 5.72. The Balaban J connectivity index is 2.50. The number of carboxylic acids is 1. The fourth-order valence-electron chi connectivity index (χ4n) is 1.57. The van der Waals surface area contributed by atoms with Crippen molar-refractivity contribution in [2.75, 3.05) is 6.54 Å². The lowest BCUT2D eigenvalue weighted by Crippen LogP contribution is -2.46. The van der Waals surface area contributed by atoms with E-state index < -0.39 is 17.9 Å². The van der Waals surface area contributed by atoms with Gasteiger partial charge < -0.3 is 21.1 Å². The van der Waals surface area contributed by atoms with Gasteiger partial charge in [-0.15, -0.1) is 0 Å². The molecule has 100 valence electrons. The predicted molar refractivity (Wildman–Crippen MR) is 67.1 cm³/mol. The molecule has 0 aliphatic heterocycles. The van der Waals surface area contributed by atoms with E-state index >= 15 is 0 Å². The summed E-state index contributed by atoms with van der Waals surface area (Å²) in [6, 6.07) is 2.81. The number of carbonyl (C=O) groups excluding carboxylic acids is 1. The van der Waals surface area contributed by atoms with Gasteiger partial charge in [-0.05, 0) is 12.1 Å². The lowest BCUT2D eigenvalue weighted by atomic mass is 9.89. The molecule has 0 aromatic carbocycles. The third-order valence-corrected chi connectivity index (χ3v) is 2.76. The molecule has 0 aliphatic rings. The lowest BCUT2D eigenvalue weighted by molar-refractivity contribution is -0.139. The maximum Gasteiger partial charge on any atom is 0.305 e. The number of aromatic amines is 1. The van der Waals surface area contributed by atoms with Crippen LogP contribution in [0.3, 0.4) is 0 Å². The number of amides is 1. The molecule has 1 unspecified atom stereocenters. The molecule has 5 N–H and O–H groups in total. The van der Waals surface area contributed by atoms with Crippen molar-refractivity contribution in [3.8, 4) is 0 Å². The van der Waals surface area contributed by atoms with E-state index in [9.17, 15) is 9.59 Å². The number of aliphatic carboxylic acids is 1. The second-order valence-electron chi connectivity index (χ2n) is 4.89. The van der Waals surface area contributed by atoms with E-state index in [1.807, 2.05) is 32.2 Å². The smallest absolute Gasteiger partial charge is 0.305 e. The summed E-state index contributed by atoms with van der Waals surface area (Å²) in [7, 11) is 0. The van der Waals surface area contributed by atoms with Crippen LogP contribution in [-0.2, 0) is 15.0 Å². The highest BCUT2D eigenvalue weighted by Gasteiger charge is 2.24. The minimum atomic E-state index is -1.08. The molecule has 1 aromatic heterocycles. The van der Waals surface area contributed by atoms with Gasteiger partial charge in [0.15, 0.2) is 0 Å². The van der Waals surface area contributed by atoms with Crippen LogP contribution in [0.15, 0.2) is 18.3 Å². The third kappa shape index (κ3) is 3.89. The molecule has 1 amide bonds. The van der Waals surface area contributed by atoms with Gasteiger partial charge >= 0.3 is 5.97 Å². The number of nitrogens with two attached hydrogens (primary N) is 1. The molecule has 1 atom stereocenters. The molecule has 1 heterocycles. The molecule has 1 rings (SSSR count). The zero-order chi connectivity index (χ0) is 13.8. The fraction of sp³-hybridized carbons (Fsp3) is 0.500. The third-order valence-electron chi connectivity index (χ3n) is 2.76. The number of nitrogens with one attached hydrogen (secondary N) is 2. The van der Waals surface area contributed by atoms with Gasteiger partial charge in [-0.2, -0.15) is 0 Å². The number of hydrogen-bond donors (Lipinski definition) is 4. The van der Waals surface area contributed by atoms with Crippen molar-refractivity contribution in [3.05, 3.63) is 24.0 Å². The number of carbonyl (C=O) groups is 2. The minimum Gasteiger partial charge on any atom is -0.481 e. The first kappa shape index (κ1) is 14.2. The summed E-state index contributed by atoms with van der Waals surface area (Å²) >= 11 is 0. The number of carboxylic acid groups (broad SMARTS) is 1. The van der Waals surface area contributed by atoms with E-state index in [1.165, 1.54) is 0 Å². The Morgan fingerprint density at radius 2 is 2.22 bits per heavy atom. The number of aromatic nitrogens is 1. The van der Waals surface area contributed by atoms with E-state index in [-0.39, 0.29) is 11.8 Å². The molecule has 0 bridgehead atoms. The number of hydrogen-bond acceptors (Lipinski definition) is 3. The second-order valence-corrected chi connectivity index (χ2v) is 4.89. The summed E-state index contributed by atoms with van der Waals surface area (Å²) < 4.78 is 0. The quantitative estimate of drug-likeness (QED) is 0.581. The zero-order valence-electron chi connectivity index (χ0n) is 10.6. The van der Waals surface area contributed by atoms with E-state index in [1.54, 1.807) is 0 Å². The van der Waals surface area contributed by atoms with Crippen molar-refractivity contribution in [3.63, 3.8) is 0 Å². The normalized spacial score (nSPS) is 13.1.